The van der Waals surface area contributed by atoms with E-state index < -0.39 is 0 Å². The summed E-state index contributed by atoms with van der Waals surface area (Å²) in [4.78, 5) is 14.6. The van der Waals surface area contributed by atoms with Gasteiger partial charge < -0.3 is 4.90 Å². The number of rotatable bonds is 3. The Morgan fingerprint density at radius 2 is 2.26 bits per heavy atom. The molecule has 122 valence electrons. The molecule has 1 fully saturated rings. The van der Waals surface area contributed by atoms with E-state index in [2.05, 4.69) is 5.10 Å². The number of likely N-dealkylation sites (tertiary alicyclic amines) is 1. The van der Waals surface area contributed by atoms with Crippen LogP contribution in [0.3, 0.4) is 0 Å². The summed E-state index contributed by atoms with van der Waals surface area (Å²) in [6, 6.07) is 4.66. The van der Waals surface area contributed by atoms with Crippen LogP contribution in [0.1, 0.15) is 34.5 Å². The van der Waals surface area contributed by atoms with E-state index in [1.165, 1.54) is 6.07 Å². The second-order valence-corrected chi connectivity index (χ2v) is 6.41. The number of benzene rings is 1. The summed E-state index contributed by atoms with van der Waals surface area (Å²) >= 11 is 6.12. The zero-order chi connectivity index (χ0) is 16.6. The first kappa shape index (κ1) is 16.0. The fourth-order valence-corrected chi connectivity index (χ4v) is 3.48. The van der Waals surface area contributed by atoms with Crippen LogP contribution in [0.15, 0.2) is 24.4 Å². The molecule has 6 heteroatoms. The lowest BCUT2D eigenvalue weighted by Gasteiger charge is -2.25. The molecule has 0 spiro atoms. The van der Waals surface area contributed by atoms with Crippen LogP contribution in [-0.2, 0) is 13.5 Å². The first-order valence-electron chi connectivity index (χ1n) is 7.71. The predicted octanol–water partition coefficient (Wildman–Crippen LogP) is 3.37. The van der Waals surface area contributed by atoms with E-state index in [1.807, 2.05) is 11.8 Å². The molecule has 23 heavy (non-hydrogen) atoms. The molecule has 1 aromatic heterocycles. The topological polar surface area (TPSA) is 38.1 Å². The third kappa shape index (κ3) is 3.11. The molecule has 1 saturated heterocycles. The number of hydrogen-bond acceptors (Lipinski definition) is 2. The Balaban J connectivity index is 1.83. The fourth-order valence-electron chi connectivity index (χ4n) is 3.24. The highest BCUT2D eigenvalue weighted by atomic mass is 35.5. The van der Waals surface area contributed by atoms with Crippen molar-refractivity contribution in [3.8, 4) is 0 Å². The van der Waals surface area contributed by atoms with Gasteiger partial charge in [0.2, 0.25) is 0 Å². The molecule has 1 aliphatic heterocycles. The molecule has 1 aliphatic rings. The monoisotopic (exact) mass is 335 g/mol. The van der Waals surface area contributed by atoms with Gasteiger partial charge in [0.1, 0.15) is 5.82 Å². The second-order valence-electron chi connectivity index (χ2n) is 6.00. The number of nitrogens with zero attached hydrogens (tertiary/aromatic N) is 3. The van der Waals surface area contributed by atoms with Gasteiger partial charge in [-0.05, 0) is 38.3 Å². The number of halogens is 2. The zero-order valence-electron chi connectivity index (χ0n) is 13.2. The number of aryl methyl sites for hydroxylation is 2. The number of carbonyl (C=O) groups is 1. The van der Waals surface area contributed by atoms with Gasteiger partial charge in [-0.25, -0.2) is 4.39 Å². The highest BCUT2D eigenvalue weighted by Crippen LogP contribution is 2.28. The Morgan fingerprint density at radius 3 is 2.91 bits per heavy atom. The Kier molecular flexibility index (Phi) is 4.39. The van der Waals surface area contributed by atoms with E-state index in [9.17, 15) is 9.18 Å². The van der Waals surface area contributed by atoms with Crippen LogP contribution in [0.4, 0.5) is 4.39 Å². The summed E-state index contributed by atoms with van der Waals surface area (Å²) in [6.45, 7) is 2.51. The summed E-state index contributed by atoms with van der Waals surface area (Å²) in [5.74, 6) is -0.347. The molecule has 1 atom stereocenters. The van der Waals surface area contributed by atoms with E-state index >= 15 is 0 Å². The average molecular weight is 336 g/mol. The molecule has 3 rings (SSSR count). The minimum absolute atomic E-state index is 0.0310. The zero-order valence-corrected chi connectivity index (χ0v) is 14.0. The quantitative estimate of drug-likeness (QED) is 0.862. The summed E-state index contributed by atoms with van der Waals surface area (Å²) < 4.78 is 15.7. The maximum atomic E-state index is 14.0. The van der Waals surface area contributed by atoms with Gasteiger partial charge in [0.05, 0.1) is 11.3 Å². The second kappa shape index (κ2) is 6.32. The summed E-state index contributed by atoms with van der Waals surface area (Å²) in [6.07, 6.45) is 3.96. The van der Waals surface area contributed by atoms with Crippen LogP contribution in [0.25, 0.3) is 0 Å². The first-order chi connectivity index (χ1) is 11.0. The van der Waals surface area contributed by atoms with Gasteiger partial charge in [0.25, 0.3) is 5.91 Å². The smallest absolute Gasteiger partial charge is 0.257 e. The van der Waals surface area contributed by atoms with Crippen LogP contribution in [0.2, 0.25) is 5.02 Å². The number of carbonyl (C=O) groups excluding carboxylic acids is 1. The molecule has 4 nitrogen and oxygen atoms in total. The Morgan fingerprint density at radius 1 is 1.48 bits per heavy atom. The van der Waals surface area contributed by atoms with Crippen molar-refractivity contribution in [2.75, 3.05) is 6.54 Å². The SMILES string of the molecule is Cc1nn(C)cc1C(=O)N1CCCC1Cc1c(F)cccc1Cl. The molecule has 2 heterocycles. The third-order valence-electron chi connectivity index (χ3n) is 4.38. The molecule has 2 aromatic rings. The minimum atomic E-state index is -0.311. The summed E-state index contributed by atoms with van der Waals surface area (Å²) in [7, 11) is 1.80. The fraction of sp³-hybridized carbons (Fsp3) is 0.412. The largest absolute Gasteiger partial charge is 0.335 e. The highest BCUT2D eigenvalue weighted by molar-refractivity contribution is 6.31. The van der Waals surface area contributed by atoms with Crippen LogP contribution in [0, 0.1) is 12.7 Å². The molecular weight excluding hydrogens is 317 g/mol. The van der Waals surface area contributed by atoms with Crippen molar-refractivity contribution in [2.45, 2.75) is 32.2 Å². The van der Waals surface area contributed by atoms with Crippen molar-refractivity contribution in [2.24, 2.45) is 7.05 Å². The number of aromatic nitrogens is 2. The van der Waals surface area contributed by atoms with Crippen molar-refractivity contribution in [1.82, 2.24) is 14.7 Å². The maximum Gasteiger partial charge on any atom is 0.257 e. The maximum absolute atomic E-state index is 14.0. The third-order valence-corrected chi connectivity index (χ3v) is 4.74. The normalized spacial score (nSPS) is 17.7. The number of amides is 1. The van der Waals surface area contributed by atoms with E-state index in [0.717, 1.165) is 12.8 Å². The van der Waals surface area contributed by atoms with Gasteiger partial charge in [-0.2, -0.15) is 5.10 Å². The van der Waals surface area contributed by atoms with E-state index in [4.69, 9.17) is 11.6 Å². The lowest BCUT2D eigenvalue weighted by Crippen LogP contribution is -2.37. The minimum Gasteiger partial charge on any atom is -0.335 e. The van der Waals surface area contributed by atoms with Crippen LogP contribution < -0.4 is 0 Å². The predicted molar refractivity (Wildman–Crippen MR) is 87.1 cm³/mol. The van der Waals surface area contributed by atoms with Crippen molar-refractivity contribution in [1.29, 1.82) is 0 Å². The van der Waals surface area contributed by atoms with E-state index in [-0.39, 0.29) is 17.8 Å². The molecule has 1 unspecified atom stereocenters. The standard InChI is InChI=1S/C17H19ClFN3O/c1-11-14(10-21(2)20-11)17(23)22-8-4-5-12(22)9-13-15(18)6-3-7-16(13)19/h3,6-7,10,12H,4-5,8-9H2,1-2H3. The van der Waals surface area contributed by atoms with E-state index in [0.29, 0.717) is 34.8 Å². The molecule has 0 bridgehead atoms. The van der Waals surface area contributed by atoms with Gasteiger partial charge in [0.15, 0.2) is 0 Å². The molecule has 0 aliphatic carbocycles. The summed E-state index contributed by atoms with van der Waals surface area (Å²) in [5, 5.41) is 4.65. The first-order valence-corrected chi connectivity index (χ1v) is 8.09. The Bertz CT molecular complexity index is 723. The van der Waals surface area contributed by atoms with Crippen LogP contribution in [-0.4, -0.2) is 33.2 Å². The molecule has 0 saturated carbocycles. The average Bonchev–Trinajstić information content (AvgIpc) is 3.08. The van der Waals surface area contributed by atoms with Gasteiger partial charge >= 0.3 is 0 Å². The van der Waals surface area contributed by atoms with Crippen LogP contribution in [0.5, 0.6) is 0 Å². The van der Waals surface area contributed by atoms with Crippen molar-refractivity contribution >= 4 is 17.5 Å². The lowest BCUT2D eigenvalue weighted by atomic mass is 10.0. The van der Waals surface area contributed by atoms with E-state index in [1.54, 1.807) is 30.1 Å². The van der Waals surface area contributed by atoms with Crippen molar-refractivity contribution < 1.29 is 9.18 Å². The highest BCUT2D eigenvalue weighted by Gasteiger charge is 2.32. The Labute approximate surface area is 139 Å². The molecule has 1 aromatic carbocycles. The Hall–Kier alpha value is -1.88. The molecule has 0 N–H and O–H groups in total. The van der Waals surface area contributed by atoms with Crippen molar-refractivity contribution in [3.05, 3.63) is 52.1 Å². The van der Waals surface area contributed by atoms with Crippen molar-refractivity contribution in [3.63, 3.8) is 0 Å². The van der Waals surface area contributed by atoms with Gasteiger partial charge in [0, 0.05) is 36.4 Å². The van der Waals surface area contributed by atoms with Crippen LogP contribution >= 0.6 is 11.6 Å². The number of hydrogen-bond donors (Lipinski definition) is 0. The molecular formula is C17H19ClFN3O. The van der Waals surface area contributed by atoms with Gasteiger partial charge in [-0.3, -0.25) is 9.48 Å². The summed E-state index contributed by atoms with van der Waals surface area (Å²) in [5.41, 5.74) is 1.81. The lowest BCUT2D eigenvalue weighted by molar-refractivity contribution is 0.0735. The van der Waals surface area contributed by atoms with Gasteiger partial charge in [-0.15, -0.1) is 0 Å². The van der Waals surface area contributed by atoms with Gasteiger partial charge in [-0.1, -0.05) is 17.7 Å². The molecule has 1 amide bonds. The molecule has 0 radical (unpaired) electrons.